The predicted molar refractivity (Wildman–Crippen MR) is 111 cm³/mol. The van der Waals surface area contributed by atoms with E-state index >= 15 is 0 Å². The van der Waals surface area contributed by atoms with Gasteiger partial charge in [-0.2, -0.15) is 5.10 Å². The lowest BCUT2D eigenvalue weighted by atomic mass is 10.1. The molecule has 0 radical (unpaired) electrons. The molecule has 0 atom stereocenters. The molecule has 3 aromatic rings. The number of carbonyl (C=O) groups is 1. The number of hydrogen-bond donors (Lipinski definition) is 2. The molecule has 1 heterocycles. The third kappa shape index (κ3) is 5.20. The molecule has 138 valence electrons. The molecule has 3 rings (SSSR count). The lowest BCUT2D eigenvalue weighted by Gasteiger charge is -2.03. The highest BCUT2D eigenvalue weighted by Crippen LogP contribution is 2.30. The van der Waals surface area contributed by atoms with E-state index < -0.39 is 5.97 Å². The van der Waals surface area contributed by atoms with E-state index in [2.05, 4.69) is 15.5 Å². The molecule has 0 bridgehead atoms. The number of nitrogens with zero attached hydrogens (tertiary/aromatic N) is 2. The van der Waals surface area contributed by atoms with Gasteiger partial charge in [0, 0.05) is 22.4 Å². The van der Waals surface area contributed by atoms with Crippen LogP contribution in [0.5, 0.6) is 0 Å². The van der Waals surface area contributed by atoms with Crippen LogP contribution in [0.2, 0.25) is 15.1 Å². The number of hydrogen-bond acceptors (Lipinski definition) is 5. The summed E-state index contributed by atoms with van der Waals surface area (Å²) in [5.41, 5.74) is 4.94. The molecule has 9 heteroatoms. The van der Waals surface area contributed by atoms with Crippen LogP contribution < -0.4 is 5.43 Å². The lowest BCUT2D eigenvalue weighted by molar-refractivity contribution is -0.129. The molecule has 5 nitrogen and oxygen atoms in total. The maximum atomic E-state index is 11.4. The number of aliphatic carboxylic acids is 1. The first kappa shape index (κ1) is 19.6. The van der Waals surface area contributed by atoms with Crippen LogP contribution in [0.4, 0.5) is 5.13 Å². The Morgan fingerprint density at radius 2 is 1.85 bits per heavy atom. The van der Waals surface area contributed by atoms with Crippen LogP contribution in [0.3, 0.4) is 0 Å². The minimum atomic E-state index is -1.11. The van der Waals surface area contributed by atoms with Crippen molar-refractivity contribution in [1.82, 2.24) is 4.98 Å². The highest BCUT2D eigenvalue weighted by molar-refractivity contribution is 7.14. The van der Waals surface area contributed by atoms with Crippen molar-refractivity contribution in [3.05, 3.63) is 68.5 Å². The van der Waals surface area contributed by atoms with E-state index in [4.69, 9.17) is 34.8 Å². The average Bonchev–Trinajstić information content (AvgIpc) is 3.11. The zero-order valence-electron chi connectivity index (χ0n) is 13.6. The fourth-order valence-electron chi connectivity index (χ4n) is 2.19. The summed E-state index contributed by atoms with van der Waals surface area (Å²) in [7, 11) is 0. The van der Waals surface area contributed by atoms with E-state index in [-0.39, 0.29) is 12.1 Å². The molecule has 0 amide bonds. The summed E-state index contributed by atoms with van der Waals surface area (Å²) < 4.78 is 0. The number of aromatic nitrogens is 1. The van der Waals surface area contributed by atoms with Crippen molar-refractivity contribution >= 4 is 63.0 Å². The number of hydrazone groups is 1. The van der Waals surface area contributed by atoms with Gasteiger partial charge in [0.1, 0.15) is 5.71 Å². The van der Waals surface area contributed by atoms with Gasteiger partial charge < -0.3 is 5.11 Å². The largest absolute Gasteiger partial charge is 0.477 e. The highest BCUT2D eigenvalue weighted by atomic mass is 35.5. The molecule has 0 unspecified atom stereocenters. The van der Waals surface area contributed by atoms with Gasteiger partial charge >= 0.3 is 5.97 Å². The van der Waals surface area contributed by atoms with E-state index in [1.54, 1.807) is 42.5 Å². The third-order valence-electron chi connectivity index (χ3n) is 3.54. The van der Waals surface area contributed by atoms with Crippen molar-refractivity contribution < 1.29 is 9.90 Å². The SMILES string of the molecule is O=C(O)/C(Cc1ccc(Cl)cc1)=N/Nc1nc(-c2ccc(Cl)c(Cl)c2)cs1. The van der Waals surface area contributed by atoms with Gasteiger partial charge in [0.05, 0.1) is 15.7 Å². The summed E-state index contributed by atoms with van der Waals surface area (Å²) >= 11 is 19.1. The third-order valence-corrected chi connectivity index (χ3v) is 5.28. The average molecular weight is 441 g/mol. The number of nitrogens with one attached hydrogen (secondary N) is 1. The van der Waals surface area contributed by atoms with Crippen LogP contribution in [0, 0.1) is 0 Å². The number of anilines is 1. The van der Waals surface area contributed by atoms with Gasteiger partial charge in [-0.25, -0.2) is 9.78 Å². The summed E-state index contributed by atoms with van der Waals surface area (Å²) in [5, 5.41) is 17.1. The van der Waals surface area contributed by atoms with Crippen LogP contribution in [-0.2, 0) is 11.2 Å². The summed E-state index contributed by atoms with van der Waals surface area (Å²) in [4.78, 5) is 15.8. The minimum Gasteiger partial charge on any atom is -0.477 e. The molecule has 0 spiro atoms. The molecule has 2 aromatic carbocycles. The van der Waals surface area contributed by atoms with E-state index in [0.717, 1.165) is 11.1 Å². The summed E-state index contributed by atoms with van der Waals surface area (Å²) in [6.07, 6.45) is 0.157. The van der Waals surface area contributed by atoms with Gasteiger partial charge in [0.25, 0.3) is 0 Å². The normalized spacial score (nSPS) is 11.4. The Hall–Kier alpha value is -2.12. The number of thiazole rings is 1. The quantitative estimate of drug-likeness (QED) is 0.371. The Labute approximate surface area is 174 Å². The van der Waals surface area contributed by atoms with Crippen LogP contribution in [0.1, 0.15) is 5.56 Å². The second-order valence-corrected chi connectivity index (χ2v) is 7.55. The molecular formula is C18H12Cl3N3O2S. The minimum absolute atomic E-state index is 0.0383. The smallest absolute Gasteiger partial charge is 0.352 e. The van der Waals surface area contributed by atoms with Crippen molar-refractivity contribution in [1.29, 1.82) is 0 Å². The van der Waals surface area contributed by atoms with Crippen molar-refractivity contribution in [2.45, 2.75) is 6.42 Å². The van der Waals surface area contributed by atoms with E-state index in [0.29, 0.717) is 25.9 Å². The number of halogens is 3. The molecule has 0 aliphatic carbocycles. The van der Waals surface area contributed by atoms with Crippen molar-refractivity contribution in [2.24, 2.45) is 5.10 Å². The second-order valence-electron chi connectivity index (χ2n) is 5.45. The molecule has 0 saturated heterocycles. The Morgan fingerprint density at radius 1 is 1.11 bits per heavy atom. The van der Waals surface area contributed by atoms with Crippen LogP contribution in [0.25, 0.3) is 11.3 Å². The number of rotatable bonds is 6. The molecule has 0 aliphatic rings. The summed E-state index contributed by atoms with van der Waals surface area (Å²) in [5.74, 6) is -1.11. The molecular weight excluding hydrogens is 429 g/mol. The molecule has 0 fully saturated rings. The van der Waals surface area contributed by atoms with E-state index in [1.165, 1.54) is 11.3 Å². The topological polar surface area (TPSA) is 74.6 Å². The molecule has 2 N–H and O–H groups in total. The Bertz CT molecular complexity index is 1000. The summed E-state index contributed by atoms with van der Waals surface area (Å²) in [6.45, 7) is 0. The lowest BCUT2D eigenvalue weighted by Crippen LogP contribution is -2.17. The first-order valence-corrected chi connectivity index (χ1v) is 9.65. The number of carboxylic acid groups (broad SMARTS) is 1. The van der Waals surface area contributed by atoms with Gasteiger partial charge in [-0.1, -0.05) is 53.0 Å². The van der Waals surface area contributed by atoms with Gasteiger partial charge in [-0.15, -0.1) is 11.3 Å². The predicted octanol–water partition coefficient (Wildman–Crippen LogP) is 5.87. The maximum absolute atomic E-state index is 11.4. The van der Waals surface area contributed by atoms with Gasteiger partial charge in [0.2, 0.25) is 5.13 Å². The standard InChI is InChI=1S/C18H12Cl3N3O2S/c19-12-4-1-10(2-5-12)7-15(17(25)26)23-24-18-22-16(9-27-18)11-3-6-13(20)14(21)8-11/h1-6,8-9H,7H2,(H,22,24)(H,25,26)/b23-15+. The fourth-order valence-corrected chi connectivity index (χ4v) is 3.27. The Balaban J connectivity index is 1.75. The van der Waals surface area contributed by atoms with Crippen molar-refractivity contribution in [3.8, 4) is 11.3 Å². The van der Waals surface area contributed by atoms with Crippen LogP contribution >= 0.6 is 46.1 Å². The van der Waals surface area contributed by atoms with Gasteiger partial charge in [0.15, 0.2) is 0 Å². The monoisotopic (exact) mass is 439 g/mol. The molecule has 27 heavy (non-hydrogen) atoms. The van der Waals surface area contributed by atoms with Crippen molar-refractivity contribution in [3.63, 3.8) is 0 Å². The zero-order valence-corrected chi connectivity index (χ0v) is 16.7. The Morgan fingerprint density at radius 3 is 2.52 bits per heavy atom. The van der Waals surface area contributed by atoms with Gasteiger partial charge in [-0.3, -0.25) is 5.43 Å². The zero-order chi connectivity index (χ0) is 19.4. The second kappa shape index (κ2) is 8.71. The maximum Gasteiger partial charge on any atom is 0.352 e. The van der Waals surface area contributed by atoms with Gasteiger partial charge in [-0.05, 0) is 29.8 Å². The summed E-state index contributed by atoms with van der Waals surface area (Å²) in [6, 6.07) is 12.1. The highest BCUT2D eigenvalue weighted by Gasteiger charge is 2.12. The first-order valence-electron chi connectivity index (χ1n) is 7.63. The molecule has 1 aromatic heterocycles. The Kier molecular flexibility index (Phi) is 6.34. The van der Waals surface area contributed by atoms with Crippen LogP contribution in [0.15, 0.2) is 52.9 Å². The molecule has 0 saturated carbocycles. The molecule has 0 aliphatic heterocycles. The van der Waals surface area contributed by atoms with Crippen molar-refractivity contribution in [2.75, 3.05) is 5.43 Å². The first-order chi connectivity index (χ1) is 12.9. The van der Waals surface area contributed by atoms with Crippen LogP contribution in [-0.4, -0.2) is 21.8 Å². The van der Waals surface area contributed by atoms with E-state index in [9.17, 15) is 9.90 Å². The fraction of sp³-hybridized carbons (Fsp3) is 0.0556. The number of benzene rings is 2. The van der Waals surface area contributed by atoms with E-state index in [1.807, 2.05) is 5.38 Å². The number of carboxylic acids is 1.